The van der Waals surface area contributed by atoms with E-state index in [0.717, 1.165) is 4.47 Å². The number of hydrogen-bond donors (Lipinski definition) is 3. The number of halogens is 2. The second-order valence-corrected chi connectivity index (χ2v) is 7.93. The molecule has 0 aromatic heterocycles. The van der Waals surface area contributed by atoms with Crippen LogP contribution in [0.1, 0.15) is 5.56 Å². The summed E-state index contributed by atoms with van der Waals surface area (Å²) in [5, 5.41) is 9.34. The fraction of sp³-hybridized carbons (Fsp3) is 0.0435. The number of hydrazone groups is 1. The Kier molecular flexibility index (Phi) is 8.56. The number of anilines is 2. The summed E-state index contributed by atoms with van der Waals surface area (Å²) in [6.07, 6.45) is 1.37. The topological polar surface area (TPSA) is 109 Å². The molecule has 168 valence electrons. The second-order valence-electron chi connectivity index (χ2n) is 6.58. The molecule has 33 heavy (non-hydrogen) atoms. The second kappa shape index (κ2) is 11.8. The lowest BCUT2D eigenvalue weighted by Crippen LogP contribution is -2.32. The highest BCUT2D eigenvalue weighted by Crippen LogP contribution is 2.16. The molecule has 3 N–H and O–H groups in total. The molecule has 0 spiro atoms. The molecule has 0 radical (unpaired) electrons. The summed E-state index contributed by atoms with van der Waals surface area (Å²) in [6.45, 7) is -0.151. The van der Waals surface area contributed by atoms with Gasteiger partial charge < -0.3 is 15.4 Å². The Bertz CT molecular complexity index is 1170. The molecule has 3 aromatic rings. The van der Waals surface area contributed by atoms with Gasteiger partial charge in [0.1, 0.15) is 5.75 Å². The van der Waals surface area contributed by atoms with Crippen molar-refractivity contribution in [2.24, 2.45) is 5.10 Å². The molecule has 0 heterocycles. The average Bonchev–Trinajstić information content (AvgIpc) is 2.80. The van der Waals surface area contributed by atoms with Crippen LogP contribution in [-0.2, 0) is 14.4 Å². The summed E-state index contributed by atoms with van der Waals surface area (Å²) < 4.78 is 6.38. The number of amides is 3. The van der Waals surface area contributed by atoms with E-state index in [1.54, 1.807) is 54.6 Å². The molecule has 0 unspecified atom stereocenters. The largest absolute Gasteiger partial charge is 0.484 e. The van der Waals surface area contributed by atoms with Crippen LogP contribution in [0, 0.1) is 0 Å². The van der Waals surface area contributed by atoms with Gasteiger partial charge in [-0.05, 0) is 72.3 Å². The van der Waals surface area contributed by atoms with Gasteiger partial charge >= 0.3 is 11.8 Å². The van der Waals surface area contributed by atoms with Crippen molar-refractivity contribution in [2.45, 2.75) is 0 Å². The summed E-state index contributed by atoms with van der Waals surface area (Å²) in [5.74, 6) is -1.60. The van der Waals surface area contributed by atoms with Gasteiger partial charge in [-0.3, -0.25) is 14.4 Å². The Morgan fingerprint density at radius 2 is 1.64 bits per heavy atom. The SMILES string of the molecule is O=C(COc1ccc(/C=N\NC(=O)C(=O)Nc2cccc(Cl)c2)cc1)Nc1ccc(Br)cc1. The Morgan fingerprint density at radius 1 is 0.909 bits per heavy atom. The van der Waals surface area contributed by atoms with E-state index in [4.69, 9.17) is 16.3 Å². The van der Waals surface area contributed by atoms with E-state index in [1.807, 2.05) is 12.1 Å². The third-order valence-electron chi connectivity index (χ3n) is 4.05. The molecule has 8 nitrogen and oxygen atoms in total. The van der Waals surface area contributed by atoms with Gasteiger partial charge in [0.25, 0.3) is 5.91 Å². The van der Waals surface area contributed by atoms with Crippen molar-refractivity contribution in [3.05, 3.63) is 87.9 Å². The number of nitrogens with zero attached hydrogens (tertiary/aromatic N) is 1. The Labute approximate surface area is 203 Å². The van der Waals surface area contributed by atoms with Gasteiger partial charge in [-0.1, -0.05) is 33.6 Å². The standard InChI is InChI=1S/C23H18BrClN4O4/c24-16-6-8-18(9-7-16)27-21(30)14-33-20-10-4-15(5-11-20)13-26-29-23(32)22(31)28-19-3-1-2-17(25)12-19/h1-13H,14H2,(H,27,30)(H,28,31)(H,29,32)/b26-13-. The van der Waals surface area contributed by atoms with Gasteiger partial charge in [-0.25, -0.2) is 5.43 Å². The van der Waals surface area contributed by atoms with Crippen LogP contribution in [0.25, 0.3) is 0 Å². The van der Waals surface area contributed by atoms with Crippen LogP contribution >= 0.6 is 27.5 Å². The Balaban J connectivity index is 1.42. The lowest BCUT2D eigenvalue weighted by atomic mass is 10.2. The van der Waals surface area contributed by atoms with Gasteiger partial charge in [0.15, 0.2) is 6.61 Å². The van der Waals surface area contributed by atoms with Gasteiger partial charge in [-0.2, -0.15) is 5.10 Å². The van der Waals surface area contributed by atoms with Crippen molar-refractivity contribution in [2.75, 3.05) is 17.2 Å². The van der Waals surface area contributed by atoms with Gasteiger partial charge in [0.2, 0.25) is 0 Å². The number of rotatable bonds is 7. The number of hydrogen-bond acceptors (Lipinski definition) is 5. The summed E-state index contributed by atoms with van der Waals surface area (Å²) in [4.78, 5) is 35.7. The van der Waals surface area contributed by atoms with Crippen molar-refractivity contribution >= 4 is 62.8 Å². The first-order chi connectivity index (χ1) is 15.9. The van der Waals surface area contributed by atoms with Crippen LogP contribution < -0.4 is 20.8 Å². The summed E-state index contributed by atoms with van der Waals surface area (Å²) in [6, 6.07) is 20.3. The van der Waals surface area contributed by atoms with Crippen molar-refractivity contribution in [1.82, 2.24) is 5.43 Å². The van der Waals surface area contributed by atoms with Crippen molar-refractivity contribution in [1.29, 1.82) is 0 Å². The molecule has 0 atom stereocenters. The van der Waals surface area contributed by atoms with Crippen molar-refractivity contribution in [3.63, 3.8) is 0 Å². The number of carbonyl (C=O) groups is 3. The molecule has 0 fully saturated rings. The average molecular weight is 530 g/mol. The zero-order valence-corrected chi connectivity index (χ0v) is 19.4. The van der Waals surface area contributed by atoms with Crippen LogP contribution in [0.4, 0.5) is 11.4 Å². The summed E-state index contributed by atoms with van der Waals surface area (Å²) in [7, 11) is 0. The van der Waals surface area contributed by atoms with E-state index >= 15 is 0 Å². The van der Waals surface area contributed by atoms with Crippen LogP contribution in [-0.4, -0.2) is 30.5 Å². The molecule has 0 bridgehead atoms. The van der Waals surface area contributed by atoms with E-state index in [9.17, 15) is 14.4 Å². The smallest absolute Gasteiger partial charge is 0.329 e. The van der Waals surface area contributed by atoms with Crippen LogP contribution in [0.2, 0.25) is 5.02 Å². The van der Waals surface area contributed by atoms with E-state index < -0.39 is 11.8 Å². The molecule has 3 aromatic carbocycles. The summed E-state index contributed by atoms with van der Waals surface area (Å²) in [5.41, 5.74) is 3.86. The predicted molar refractivity (Wildman–Crippen MR) is 131 cm³/mol. The highest BCUT2D eigenvalue weighted by atomic mass is 79.9. The van der Waals surface area contributed by atoms with E-state index in [-0.39, 0.29) is 12.5 Å². The van der Waals surface area contributed by atoms with Gasteiger partial charge in [0.05, 0.1) is 6.21 Å². The minimum absolute atomic E-state index is 0.151. The minimum Gasteiger partial charge on any atom is -0.484 e. The first-order valence-electron chi connectivity index (χ1n) is 9.57. The molecule has 0 saturated heterocycles. The lowest BCUT2D eigenvalue weighted by Gasteiger charge is -2.08. The van der Waals surface area contributed by atoms with Crippen LogP contribution in [0.15, 0.2) is 82.4 Å². The Hall–Kier alpha value is -3.69. The number of ether oxygens (including phenoxy) is 1. The fourth-order valence-electron chi connectivity index (χ4n) is 2.50. The summed E-state index contributed by atoms with van der Waals surface area (Å²) >= 11 is 9.17. The maximum Gasteiger partial charge on any atom is 0.329 e. The number of benzene rings is 3. The predicted octanol–water partition coefficient (Wildman–Crippen LogP) is 4.21. The van der Waals surface area contributed by atoms with E-state index in [2.05, 4.69) is 37.1 Å². The van der Waals surface area contributed by atoms with E-state index in [1.165, 1.54) is 12.3 Å². The minimum atomic E-state index is -0.928. The van der Waals surface area contributed by atoms with Crippen LogP contribution in [0.5, 0.6) is 5.75 Å². The van der Waals surface area contributed by atoms with Gasteiger partial charge in [0, 0.05) is 20.9 Å². The Morgan fingerprint density at radius 3 is 2.33 bits per heavy atom. The molecule has 0 aliphatic heterocycles. The molecule has 3 amide bonds. The zero-order valence-electron chi connectivity index (χ0n) is 17.0. The van der Waals surface area contributed by atoms with Crippen LogP contribution in [0.3, 0.4) is 0 Å². The molecule has 0 aliphatic rings. The fourth-order valence-corrected chi connectivity index (χ4v) is 2.95. The molecule has 10 heteroatoms. The highest BCUT2D eigenvalue weighted by molar-refractivity contribution is 9.10. The number of nitrogens with one attached hydrogen (secondary N) is 3. The molecular formula is C23H18BrClN4O4. The van der Waals surface area contributed by atoms with Crippen molar-refractivity contribution < 1.29 is 19.1 Å². The normalized spacial score (nSPS) is 10.5. The maximum absolute atomic E-state index is 12.0. The zero-order chi connectivity index (χ0) is 23.6. The van der Waals surface area contributed by atoms with Gasteiger partial charge in [-0.15, -0.1) is 0 Å². The van der Waals surface area contributed by atoms with Crippen molar-refractivity contribution in [3.8, 4) is 5.75 Å². The molecule has 0 saturated carbocycles. The van der Waals surface area contributed by atoms with E-state index in [0.29, 0.717) is 27.7 Å². The lowest BCUT2D eigenvalue weighted by molar-refractivity contribution is -0.136. The molecular weight excluding hydrogens is 512 g/mol. The molecule has 0 aliphatic carbocycles. The third kappa shape index (κ3) is 8.06. The first kappa shape index (κ1) is 24.0. The maximum atomic E-state index is 12.0. The number of carbonyl (C=O) groups excluding carboxylic acids is 3. The molecule has 3 rings (SSSR count). The first-order valence-corrected chi connectivity index (χ1v) is 10.7. The third-order valence-corrected chi connectivity index (χ3v) is 4.81. The quantitative estimate of drug-likeness (QED) is 0.242. The highest BCUT2D eigenvalue weighted by Gasteiger charge is 2.12. The monoisotopic (exact) mass is 528 g/mol.